The molecule has 2 fully saturated rings. The summed E-state index contributed by atoms with van der Waals surface area (Å²) in [6.07, 6.45) is 15.8. The largest absolute Gasteiger partial charge is 0.399 e. The van der Waals surface area contributed by atoms with Crippen LogP contribution < -0.4 is 11.5 Å². The maximum Gasteiger partial charge on any atom is 0.0337 e. The first-order valence-electron chi connectivity index (χ1n) is 13.2. The van der Waals surface area contributed by atoms with E-state index < -0.39 is 0 Å². The third-order valence-electron chi connectivity index (χ3n) is 9.13. The number of nitrogens with two attached hydrogens (primary N) is 2. The summed E-state index contributed by atoms with van der Waals surface area (Å²) in [7, 11) is 0. The van der Waals surface area contributed by atoms with Crippen molar-refractivity contribution in [1.29, 1.82) is 0 Å². The van der Waals surface area contributed by atoms with E-state index in [2.05, 4.69) is 25.1 Å². The van der Waals surface area contributed by atoms with Crippen LogP contribution in [0.25, 0.3) is 0 Å². The fourth-order valence-electron chi connectivity index (χ4n) is 7.14. The molecule has 3 aliphatic rings. The van der Waals surface area contributed by atoms with Gasteiger partial charge in [-0.1, -0.05) is 50.2 Å². The molecule has 0 heterocycles. The Hall–Kier alpha value is -1.87. The van der Waals surface area contributed by atoms with E-state index in [0.717, 1.165) is 48.4 Å². The van der Waals surface area contributed by atoms with Crippen molar-refractivity contribution >= 4 is 28.5 Å². The van der Waals surface area contributed by atoms with Crippen LogP contribution >= 0.6 is 12.2 Å². The molecule has 0 amide bonds. The standard InChI is InChI=1S/C30H40N2S/c1-20-2-7-23(8-3-20)24-10-12-30(13-11-24)18-25-14-21(6-9-28(25)29(33)19-30)4-5-22-15-26(31)17-27(32)16-22/h6,9,14-17,20,23-24H,2-5,7-8,10-13,18-19,31-32H2,1H3. The zero-order chi connectivity index (χ0) is 23.0. The summed E-state index contributed by atoms with van der Waals surface area (Å²) in [4.78, 5) is 1.20. The van der Waals surface area contributed by atoms with Gasteiger partial charge in [-0.3, -0.25) is 0 Å². The first-order chi connectivity index (χ1) is 15.9. The third kappa shape index (κ3) is 5.14. The molecule has 3 aliphatic carbocycles. The minimum absolute atomic E-state index is 0.420. The topological polar surface area (TPSA) is 52.0 Å². The number of anilines is 2. The molecule has 5 rings (SSSR count). The summed E-state index contributed by atoms with van der Waals surface area (Å²) in [6, 6.07) is 12.9. The number of nitrogen functional groups attached to an aromatic ring is 2. The van der Waals surface area contributed by atoms with Gasteiger partial charge in [0.25, 0.3) is 0 Å². The number of thiocarbonyl (C=S) groups is 1. The van der Waals surface area contributed by atoms with Gasteiger partial charge < -0.3 is 11.5 Å². The summed E-state index contributed by atoms with van der Waals surface area (Å²) in [6.45, 7) is 2.44. The lowest BCUT2D eigenvalue weighted by Crippen LogP contribution is -2.37. The number of hydrogen-bond donors (Lipinski definition) is 2. The molecule has 0 unspecified atom stereocenters. The van der Waals surface area contributed by atoms with Crippen molar-refractivity contribution in [3.05, 3.63) is 58.7 Å². The Morgan fingerprint density at radius 3 is 2.12 bits per heavy atom. The number of fused-ring (bicyclic) bond motifs is 1. The van der Waals surface area contributed by atoms with Crippen LogP contribution in [0.3, 0.4) is 0 Å². The van der Waals surface area contributed by atoms with E-state index in [9.17, 15) is 0 Å². The van der Waals surface area contributed by atoms with E-state index in [1.807, 2.05) is 18.2 Å². The summed E-state index contributed by atoms with van der Waals surface area (Å²) in [5.41, 5.74) is 19.3. The van der Waals surface area contributed by atoms with Crippen LogP contribution in [0.2, 0.25) is 0 Å². The van der Waals surface area contributed by atoms with Gasteiger partial charge >= 0.3 is 0 Å². The molecule has 2 nitrogen and oxygen atoms in total. The molecule has 2 aromatic rings. The van der Waals surface area contributed by atoms with E-state index in [4.69, 9.17) is 23.7 Å². The highest BCUT2D eigenvalue weighted by molar-refractivity contribution is 7.80. The molecule has 3 heteroatoms. The lowest BCUT2D eigenvalue weighted by Gasteiger charge is -2.46. The second-order valence-corrected chi connectivity index (χ2v) is 12.1. The van der Waals surface area contributed by atoms with Crippen molar-refractivity contribution in [3.63, 3.8) is 0 Å². The van der Waals surface area contributed by atoms with Crippen molar-refractivity contribution in [2.24, 2.45) is 23.2 Å². The summed E-state index contributed by atoms with van der Waals surface area (Å²) in [5, 5.41) is 0. The van der Waals surface area contributed by atoms with Gasteiger partial charge in [0.2, 0.25) is 0 Å². The Balaban J connectivity index is 1.25. The van der Waals surface area contributed by atoms with E-state index in [0.29, 0.717) is 5.41 Å². The molecule has 0 aromatic heterocycles. The quantitative estimate of drug-likeness (QED) is 0.372. The molecular weight excluding hydrogens is 420 g/mol. The smallest absolute Gasteiger partial charge is 0.0337 e. The monoisotopic (exact) mass is 460 g/mol. The first-order valence-corrected chi connectivity index (χ1v) is 13.6. The maximum absolute atomic E-state index is 5.98. The van der Waals surface area contributed by atoms with Crippen molar-refractivity contribution < 1.29 is 0 Å². The lowest BCUT2D eigenvalue weighted by atomic mass is 9.59. The Kier molecular flexibility index (Phi) is 6.53. The van der Waals surface area contributed by atoms with Gasteiger partial charge in [-0.25, -0.2) is 0 Å². The molecule has 0 aliphatic heterocycles. The van der Waals surface area contributed by atoms with E-state index in [-0.39, 0.29) is 0 Å². The minimum atomic E-state index is 0.420. The molecule has 2 saturated carbocycles. The molecule has 176 valence electrons. The number of benzene rings is 2. The zero-order valence-corrected chi connectivity index (χ0v) is 21.1. The Bertz CT molecular complexity index is 990. The van der Waals surface area contributed by atoms with Crippen LogP contribution in [0.15, 0.2) is 36.4 Å². The molecule has 0 bridgehead atoms. The van der Waals surface area contributed by atoms with E-state index in [1.165, 1.54) is 84.9 Å². The molecule has 33 heavy (non-hydrogen) atoms. The van der Waals surface area contributed by atoms with Crippen molar-refractivity contribution in [1.82, 2.24) is 0 Å². The van der Waals surface area contributed by atoms with E-state index in [1.54, 1.807) is 0 Å². The molecule has 2 aromatic carbocycles. The number of hydrogen-bond acceptors (Lipinski definition) is 3. The van der Waals surface area contributed by atoms with E-state index >= 15 is 0 Å². The highest BCUT2D eigenvalue weighted by atomic mass is 32.1. The van der Waals surface area contributed by atoms with Gasteiger partial charge in [0.15, 0.2) is 0 Å². The second-order valence-electron chi connectivity index (χ2n) is 11.6. The van der Waals surface area contributed by atoms with Gasteiger partial charge in [0.1, 0.15) is 0 Å². The van der Waals surface area contributed by atoms with Crippen LogP contribution in [-0.2, 0) is 19.3 Å². The van der Waals surface area contributed by atoms with Gasteiger partial charge in [-0.2, -0.15) is 0 Å². The Morgan fingerprint density at radius 2 is 1.42 bits per heavy atom. The number of aryl methyl sites for hydroxylation is 2. The summed E-state index contributed by atoms with van der Waals surface area (Å²) >= 11 is 5.97. The van der Waals surface area contributed by atoms with Crippen LogP contribution in [0, 0.1) is 23.2 Å². The first kappa shape index (κ1) is 22.9. The predicted molar refractivity (Wildman–Crippen MR) is 145 cm³/mol. The van der Waals surface area contributed by atoms with Gasteiger partial charge in [-0.05, 0) is 128 Å². The molecular formula is C30H40N2S. The Labute approximate surface area is 205 Å². The van der Waals surface area contributed by atoms with Gasteiger partial charge in [0, 0.05) is 16.2 Å². The van der Waals surface area contributed by atoms with Crippen molar-refractivity contribution in [3.8, 4) is 0 Å². The lowest BCUT2D eigenvalue weighted by molar-refractivity contribution is 0.0974. The Morgan fingerprint density at radius 1 is 0.788 bits per heavy atom. The van der Waals surface area contributed by atoms with Crippen LogP contribution in [0.1, 0.15) is 87.0 Å². The van der Waals surface area contributed by atoms with Crippen LogP contribution in [0.4, 0.5) is 11.4 Å². The minimum Gasteiger partial charge on any atom is -0.399 e. The highest BCUT2D eigenvalue weighted by Crippen LogP contribution is 2.51. The summed E-state index contributed by atoms with van der Waals surface area (Å²) < 4.78 is 0. The predicted octanol–water partition coefficient (Wildman–Crippen LogP) is 7.30. The maximum atomic E-state index is 5.98. The molecule has 4 N–H and O–H groups in total. The van der Waals surface area contributed by atoms with Crippen LogP contribution in [0.5, 0.6) is 0 Å². The zero-order valence-electron chi connectivity index (χ0n) is 20.2. The van der Waals surface area contributed by atoms with Crippen molar-refractivity contribution in [2.75, 3.05) is 11.5 Å². The summed E-state index contributed by atoms with van der Waals surface area (Å²) in [5.74, 6) is 2.92. The average Bonchev–Trinajstić information content (AvgIpc) is 2.78. The highest BCUT2D eigenvalue weighted by Gasteiger charge is 2.41. The molecule has 0 radical (unpaired) electrons. The fourth-order valence-corrected chi connectivity index (χ4v) is 7.64. The van der Waals surface area contributed by atoms with Crippen molar-refractivity contribution in [2.45, 2.75) is 84.0 Å². The third-order valence-corrected chi connectivity index (χ3v) is 9.49. The number of rotatable bonds is 4. The van der Waals surface area contributed by atoms with Gasteiger partial charge in [-0.15, -0.1) is 0 Å². The fraction of sp³-hybridized carbons (Fsp3) is 0.567. The van der Waals surface area contributed by atoms with Crippen LogP contribution in [-0.4, -0.2) is 4.86 Å². The molecule has 1 spiro atoms. The SMILES string of the molecule is CC1CCC(C2CCC3(CC2)CC(=S)c2ccc(CCc4cc(N)cc(N)c4)cc2C3)CC1. The normalized spacial score (nSPS) is 29.7. The molecule has 0 atom stereocenters. The average molecular weight is 461 g/mol. The molecule has 0 saturated heterocycles. The van der Waals surface area contributed by atoms with Gasteiger partial charge in [0.05, 0.1) is 0 Å². The second kappa shape index (κ2) is 9.41.